The Balaban J connectivity index is 2.12. The Morgan fingerprint density at radius 3 is 2.61 bits per heavy atom. The van der Waals surface area contributed by atoms with Crippen LogP contribution in [0.4, 0.5) is 5.95 Å². The molecule has 0 aromatic carbocycles. The lowest BCUT2D eigenvalue weighted by Gasteiger charge is -2.34. The van der Waals surface area contributed by atoms with E-state index in [1.807, 2.05) is 11.8 Å². The van der Waals surface area contributed by atoms with Crippen LogP contribution >= 0.6 is 0 Å². The van der Waals surface area contributed by atoms with Crippen molar-refractivity contribution in [1.82, 2.24) is 14.9 Å². The van der Waals surface area contributed by atoms with Crippen molar-refractivity contribution in [2.45, 2.75) is 20.3 Å². The zero-order chi connectivity index (χ0) is 13.1. The van der Waals surface area contributed by atoms with Crippen molar-refractivity contribution in [2.75, 3.05) is 31.1 Å². The van der Waals surface area contributed by atoms with Crippen LogP contribution in [0.5, 0.6) is 0 Å². The highest BCUT2D eigenvalue weighted by atomic mass is 16.2. The number of rotatable bonds is 2. The summed E-state index contributed by atoms with van der Waals surface area (Å²) in [4.78, 5) is 33.7. The molecular weight excluding hydrogens is 232 g/mol. The van der Waals surface area contributed by atoms with Gasteiger partial charge in [-0.2, -0.15) is 0 Å². The second kappa shape index (κ2) is 5.20. The molecule has 6 heteroatoms. The number of aromatic amines is 1. The molecule has 0 bridgehead atoms. The smallest absolute Gasteiger partial charge is 0.252 e. The van der Waals surface area contributed by atoms with E-state index in [1.54, 1.807) is 11.8 Å². The average Bonchev–Trinajstić information content (AvgIpc) is 2.38. The molecular formula is C12H18N4O2. The second-order valence-electron chi connectivity index (χ2n) is 4.41. The molecule has 1 aliphatic heterocycles. The topological polar surface area (TPSA) is 69.3 Å². The largest absolute Gasteiger partial charge is 0.339 e. The molecule has 1 aliphatic rings. The van der Waals surface area contributed by atoms with Gasteiger partial charge >= 0.3 is 0 Å². The van der Waals surface area contributed by atoms with Crippen molar-refractivity contribution in [3.63, 3.8) is 0 Å². The van der Waals surface area contributed by atoms with Crippen molar-refractivity contribution in [3.8, 4) is 0 Å². The average molecular weight is 250 g/mol. The van der Waals surface area contributed by atoms with E-state index in [0.717, 1.165) is 12.1 Å². The van der Waals surface area contributed by atoms with E-state index >= 15 is 0 Å². The SMILES string of the molecule is CCc1cc(=O)[nH]c(N2CCN(C(C)=O)CC2)n1. The Morgan fingerprint density at radius 2 is 2.06 bits per heavy atom. The lowest BCUT2D eigenvalue weighted by molar-refractivity contribution is -0.129. The minimum absolute atomic E-state index is 0.0958. The van der Waals surface area contributed by atoms with Crippen LogP contribution in [0.3, 0.4) is 0 Å². The van der Waals surface area contributed by atoms with Crippen LogP contribution in [-0.4, -0.2) is 47.0 Å². The van der Waals surface area contributed by atoms with Gasteiger partial charge in [0.15, 0.2) is 0 Å². The van der Waals surface area contributed by atoms with Gasteiger partial charge in [-0.1, -0.05) is 6.92 Å². The molecule has 6 nitrogen and oxygen atoms in total. The number of carbonyl (C=O) groups excluding carboxylic acids is 1. The fourth-order valence-corrected chi connectivity index (χ4v) is 2.06. The number of hydrogen-bond donors (Lipinski definition) is 1. The van der Waals surface area contributed by atoms with E-state index in [1.165, 1.54) is 6.07 Å². The van der Waals surface area contributed by atoms with Gasteiger partial charge in [0, 0.05) is 44.9 Å². The molecule has 98 valence electrons. The molecule has 1 N–H and O–H groups in total. The molecule has 1 amide bonds. The molecule has 0 unspecified atom stereocenters. The Morgan fingerprint density at radius 1 is 1.39 bits per heavy atom. The third kappa shape index (κ3) is 2.69. The molecule has 0 aliphatic carbocycles. The first-order chi connectivity index (χ1) is 8.60. The number of aryl methyl sites for hydroxylation is 1. The maximum absolute atomic E-state index is 11.5. The molecule has 1 fully saturated rings. The van der Waals surface area contributed by atoms with Crippen LogP contribution in [0.25, 0.3) is 0 Å². The van der Waals surface area contributed by atoms with Crippen LogP contribution in [-0.2, 0) is 11.2 Å². The van der Waals surface area contributed by atoms with Crippen molar-refractivity contribution < 1.29 is 4.79 Å². The van der Waals surface area contributed by atoms with Gasteiger partial charge in [-0.05, 0) is 6.42 Å². The van der Waals surface area contributed by atoms with Crippen LogP contribution < -0.4 is 10.5 Å². The van der Waals surface area contributed by atoms with Crippen LogP contribution in [0.1, 0.15) is 19.5 Å². The third-order valence-corrected chi connectivity index (χ3v) is 3.17. The van der Waals surface area contributed by atoms with Gasteiger partial charge in [-0.15, -0.1) is 0 Å². The summed E-state index contributed by atoms with van der Waals surface area (Å²) in [6, 6.07) is 1.52. The first-order valence-corrected chi connectivity index (χ1v) is 6.21. The maximum Gasteiger partial charge on any atom is 0.252 e. The van der Waals surface area contributed by atoms with Crippen molar-refractivity contribution in [3.05, 3.63) is 22.1 Å². The zero-order valence-electron chi connectivity index (χ0n) is 10.8. The van der Waals surface area contributed by atoms with Gasteiger partial charge in [0.2, 0.25) is 11.9 Å². The molecule has 0 atom stereocenters. The van der Waals surface area contributed by atoms with E-state index in [9.17, 15) is 9.59 Å². The standard InChI is InChI=1S/C12H18N4O2/c1-3-10-8-11(18)14-12(13-10)16-6-4-15(5-7-16)9(2)17/h8H,3-7H2,1-2H3,(H,13,14,18). The number of carbonyl (C=O) groups is 1. The lowest BCUT2D eigenvalue weighted by Crippen LogP contribution is -2.49. The van der Waals surface area contributed by atoms with Crippen LogP contribution in [0, 0.1) is 0 Å². The van der Waals surface area contributed by atoms with Gasteiger partial charge < -0.3 is 9.80 Å². The number of nitrogens with zero attached hydrogens (tertiary/aromatic N) is 3. The second-order valence-corrected chi connectivity index (χ2v) is 4.41. The summed E-state index contributed by atoms with van der Waals surface area (Å²) >= 11 is 0. The summed E-state index contributed by atoms with van der Waals surface area (Å²) in [5.74, 6) is 0.709. The number of H-pyrrole nitrogens is 1. The highest BCUT2D eigenvalue weighted by molar-refractivity contribution is 5.73. The van der Waals surface area contributed by atoms with E-state index in [-0.39, 0.29) is 11.5 Å². The highest BCUT2D eigenvalue weighted by Gasteiger charge is 2.20. The van der Waals surface area contributed by atoms with Crippen molar-refractivity contribution >= 4 is 11.9 Å². The molecule has 1 aromatic heterocycles. The minimum Gasteiger partial charge on any atom is -0.339 e. The summed E-state index contributed by atoms with van der Waals surface area (Å²) in [7, 11) is 0. The predicted octanol–water partition coefficient (Wildman–Crippen LogP) is 0.000800. The maximum atomic E-state index is 11.5. The van der Waals surface area contributed by atoms with Gasteiger partial charge in [0.05, 0.1) is 0 Å². The summed E-state index contributed by atoms with van der Waals surface area (Å²) in [5, 5.41) is 0. The Hall–Kier alpha value is -1.85. The van der Waals surface area contributed by atoms with E-state index in [0.29, 0.717) is 32.1 Å². The first kappa shape index (κ1) is 12.6. The molecule has 0 radical (unpaired) electrons. The predicted molar refractivity (Wildman–Crippen MR) is 68.7 cm³/mol. The first-order valence-electron chi connectivity index (χ1n) is 6.21. The van der Waals surface area contributed by atoms with Gasteiger partial charge in [0.25, 0.3) is 5.56 Å². The molecule has 2 heterocycles. The Kier molecular flexibility index (Phi) is 3.64. The van der Waals surface area contributed by atoms with Crippen LogP contribution in [0.15, 0.2) is 10.9 Å². The third-order valence-electron chi connectivity index (χ3n) is 3.17. The lowest BCUT2D eigenvalue weighted by atomic mass is 10.3. The van der Waals surface area contributed by atoms with E-state index in [2.05, 4.69) is 9.97 Å². The fourth-order valence-electron chi connectivity index (χ4n) is 2.06. The summed E-state index contributed by atoms with van der Waals surface area (Å²) in [6.45, 7) is 6.31. The quantitative estimate of drug-likeness (QED) is 0.802. The summed E-state index contributed by atoms with van der Waals surface area (Å²) < 4.78 is 0. The van der Waals surface area contributed by atoms with Crippen molar-refractivity contribution in [1.29, 1.82) is 0 Å². The number of anilines is 1. The number of piperazine rings is 1. The normalized spacial score (nSPS) is 15.9. The minimum atomic E-state index is -0.120. The molecule has 2 rings (SSSR count). The zero-order valence-corrected chi connectivity index (χ0v) is 10.8. The summed E-state index contributed by atoms with van der Waals surface area (Å²) in [5.41, 5.74) is 0.675. The number of amides is 1. The fraction of sp³-hybridized carbons (Fsp3) is 0.583. The van der Waals surface area contributed by atoms with Crippen LogP contribution in [0.2, 0.25) is 0 Å². The summed E-state index contributed by atoms with van der Waals surface area (Å²) in [6.07, 6.45) is 0.740. The van der Waals surface area contributed by atoms with Gasteiger partial charge in [-0.25, -0.2) is 4.98 Å². The molecule has 1 saturated heterocycles. The number of nitrogens with one attached hydrogen (secondary N) is 1. The van der Waals surface area contributed by atoms with E-state index in [4.69, 9.17) is 0 Å². The molecule has 0 spiro atoms. The number of hydrogen-bond acceptors (Lipinski definition) is 4. The monoisotopic (exact) mass is 250 g/mol. The highest BCUT2D eigenvalue weighted by Crippen LogP contribution is 2.10. The van der Waals surface area contributed by atoms with Crippen molar-refractivity contribution in [2.24, 2.45) is 0 Å². The van der Waals surface area contributed by atoms with Gasteiger partial charge in [-0.3, -0.25) is 14.6 Å². The van der Waals surface area contributed by atoms with E-state index < -0.39 is 0 Å². The molecule has 18 heavy (non-hydrogen) atoms. The Labute approximate surface area is 106 Å². The number of aromatic nitrogens is 2. The molecule has 0 saturated carbocycles. The Bertz CT molecular complexity index is 489. The van der Waals surface area contributed by atoms with Gasteiger partial charge in [0.1, 0.15) is 0 Å². The molecule has 1 aromatic rings.